The van der Waals surface area contributed by atoms with E-state index in [1.807, 2.05) is 0 Å². The summed E-state index contributed by atoms with van der Waals surface area (Å²) in [6, 6.07) is 0. The molecule has 0 bridgehead atoms. The Morgan fingerprint density at radius 2 is 2.21 bits per heavy atom. The zero-order valence-corrected chi connectivity index (χ0v) is 8.66. The van der Waals surface area contributed by atoms with Crippen LogP contribution in [-0.2, 0) is 9.59 Å². The SMILES string of the molecule is O=C(O)C1CCCN(C(=O)CCCl)C1. The van der Waals surface area contributed by atoms with E-state index in [2.05, 4.69) is 0 Å². The molecule has 1 aliphatic heterocycles. The zero-order chi connectivity index (χ0) is 10.6. The van der Waals surface area contributed by atoms with E-state index in [9.17, 15) is 9.59 Å². The van der Waals surface area contributed by atoms with Crippen LogP contribution < -0.4 is 0 Å². The number of hydrogen-bond acceptors (Lipinski definition) is 2. The lowest BCUT2D eigenvalue weighted by atomic mass is 9.98. The second-order valence-corrected chi connectivity index (χ2v) is 3.83. The molecule has 1 aliphatic rings. The molecule has 0 radical (unpaired) electrons. The Morgan fingerprint density at radius 1 is 1.50 bits per heavy atom. The average molecular weight is 220 g/mol. The molecule has 1 atom stereocenters. The lowest BCUT2D eigenvalue weighted by Crippen LogP contribution is -2.42. The second-order valence-electron chi connectivity index (χ2n) is 3.46. The summed E-state index contributed by atoms with van der Waals surface area (Å²) in [5.41, 5.74) is 0. The maximum absolute atomic E-state index is 11.4. The fraction of sp³-hybridized carbons (Fsp3) is 0.778. The van der Waals surface area contributed by atoms with Gasteiger partial charge in [-0.3, -0.25) is 9.59 Å². The Morgan fingerprint density at radius 3 is 2.79 bits per heavy atom. The summed E-state index contributed by atoms with van der Waals surface area (Å²) in [6.45, 7) is 1.00. The van der Waals surface area contributed by atoms with Gasteiger partial charge in [0.25, 0.3) is 0 Å². The van der Waals surface area contributed by atoms with Crippen molar-refractivity contribution in [3.8, 4) is 0 Å². The van der Waals surface area contributed by atoms with Gasteiger partial charge in [0.2, 0.25) is 5.91 Å². The van der Waals surface area contributed by atoms with Gasteiger partial charge in [0, 0.05) is 25.4 Å². The molecule has 0 aliphatic carbocycles. The molecule has 1 unspecified atom stereocenters. The van der Waals surface area contributed by atoms with E-state index in [4.69, 9.17) is 16.7 Å². The summed E-state index contributed by atoms with van der Waals surface area (Å²) >= 11 is 5.45. The van der Waals surface area contributed by atoms with Gasteiger partial charge in [0.05, 0.1) is 5.92 Å². The first-order valence-electron chi connectivity index (χ1n) is 4.71. The van der Waals surface area contributed by atoms with Crippen LogP contribution in [0.2, 0.25) is 0 Å². The number of nitrogens with zero attached hydrogens (tertiary/aromatic N) is 1. The molecular formula is C9H14ClNO3. The van der Waals surface area contributed by atoms with Crippen LogP contribution in [0.25, 0.3) is 0 Å². The monoisotopic (exact) mass is 219 g/mol. The normalized spacial score (nSPS) is 22.1. The highest BCUT2D eigenvalue weighted by atomic mass is 35.5. The Balaban J connectivity index is 2.47. The van der Waals surface area contributed by atoms with Crippen LogP contribution in [0.5, 0.6) is 0 Å². The van der Waals surface area contributed by atoms with Crippen molar-refractivity contribution in [1.29, 1.82) is 0 Å². The van der Waals surface area contributed by atoms with Gasteiger partial charge in [-0.15, -0.1) is 11.6 Å². The van der Waals surface area contributed by atoms with Gasteiger partial charge in [-0.2, -0.15) is 0 Å². The van der Waals surface area contributed by atoms with E-state index in [0.29, 0.717) is 31.8 Å². The number of hydrogen-bond donors (Lipinski definition) is 1. The molecule has 1 fully saturated rings. The predicted molar refractivity (Wildman–Crippen MR) is 52.3 cm³/mol. The molecule has 0 aromatic carbocycles. The van der Waals surface area contributed by atoms with E-state index in [1.165, 1.54) is 0 Å². The van der Waals surface area contributed by atoms with Crippen LogP contribution in [0, 0.1) is 5.92 Å². The number of carbonyl (C=O) groups is 2. The Kier molecular flexibility index (Phi) is 4.20. The number of carboxylic acids is 1. The first-order valence-corrected chi connectivity index (χ1v) is 5.25. The summed E-state index contributed by atoms with van der Waals surface area (Å²) in [6.07, 6.45) is 1.73. The number of amides is 1. The van der Waals surface area contributed by atoms with Gasteiger partial charge in [-0.05, 0) is 12.8 Å². The molecule has 1 saturated heterocycles. The summed E-state index contributed by atoms with van der Waals surface area (Å²) in [7, 11) is 0. The van der Waals surface area contributed by atoms with E-state index < -0.39 is 11.9 Å². The number of halogens is 1. The number of carboxylic acid groups (broad SMARTS) is 1. The summed E-state index contributed by atoms with van der Waals surface area (Å²) in [5, 5.41) is 8.80. The number of piperidine rings is 1. The fourth-order valence-electron chi connectivity index (χ4n) is 1.64. The summed E-state index contributed by atoms with van der Waals surface area (Å²) in [4.78, 5) is 23.7. The van der Waals surface area contributed by atoms with Crippen molar-refractivity contribution in [1.82, 2.24) is 4.90 Å². The Labute approximate surface area is 87.8 Å². The number of carbonyl (C=O) groups excluding carboxylic acids is 1. The smallest absolute Gasteiger partial charge is 0.308 e. The number of aliphatic carboxylic acids is 1. The highest BCUT2D eigenvalue weighted by Gasteiger charge is 2.27. The van der Waals surface area contributed by atoms with Gasteiger partial charge in [0.1, 0.15) is 0 Å². The lowest BCUT2D eigenvalue weighted by molar-refractivity contribution is -0.145. The molecule has 0 aromatic heterocycles. The molecule has 1 heterocycles. The van der Waals surface area contributed by atoms with Crippen molar-refractivity contribution in [2.24, 2.45) is 5.92 Å². The molecule has 14 heavy (non-hydrogen) atoms. The summed E-state index contributed by atoms with van der Waals surface area (Å²) < 4.78 is 0. The quantitative estimate of drug-likeness (QED) is 0.719. The van der Waals surface area contributed by atoms with Crippen LogP contribution in [0.4, 0.5) is 0 Å². The third-order valence-electron chi connectivity index (χ3n) is 2.43. The Bertz CT molecular complexity index is 232. The molecule has 1 N–H and O–H groups in total. The molecule has 0 spiro atoms. The van der Waals surface area contributed by atoms with Gasteiger partial charge >= 0.3 is 5.97 Å². The zero-order valence-electron chi connectivity index (χ0n) is 7.91. The maximum Gasteiger partial charge on any atom is 0.308 e. The highest BCUT2D eigenvalue weighted by Crippen LogP contribution is 2.17. The van der Waals surface area contributed by atoms with Crippen molar-refractivity contribution in [2.45, 2.75) is 19.3 Å². The van der Waals surface area contributed by atoms with Crippen molar-refractivity contribution < 1.29 is 14.7 Å². The Hall–Kier alpha value is -0.770. The van der Waals surface area contributed by atoms with Crippen LogP contribution >= 0.6 is 11.6 Å². The molecular weight excluding hydrogens is 206 g/mol. The van der Waals surface area contributed by atoms with Gasteiger partial charge in [0.15, 0.2) is 0 Å². The standard InChI is InChI=1S/C9H14ClNO3/c10-4-3-8(12)11-5-1-2-7(6-11)9(13)14/h7H,1-6H2,(H,13,14). The minimum Gasteiger partial charge on any atom is -0.481 e. The van der Waals surface area contributed by atoms with Crippen molar-refractivity contribution in [2.75, 3.05) is 19.0 Å². The molecule has 1 rings (SSSR count). The number of likely N-dealkylation sites (tertiary alicyclic amines) is 1. The van der Waals surface area contributed by atoms with Crippen molar-refractivity contribution in [3.05, 3.63) is 0 Å². The van der Waals surface area contributed by atoms with Crippen molar-refractivity contribution in [3.63, 3.8) is 0 Å². The lowest BCUT2D eigenvalue weighted by Gasteiger charge is -2.30. The molecule has 5 heteroatoms. The van der Waals surface area contributed by atoms with E-state index in [0.717, 1.165) is 6.42 Å². The third-order valence-corrected chi connectivity index (χ3v) is 2.62. The minimum absolute atomic E-state index is 0.0362. The summed E-state index contributed by atoms with van der Waals surface area (Å²) in [5.74, 6) is -0.949. The molecule has 0 saturated carbocycles. The first kappa shape index (κ1) is 11.3. The van der Waals surface area contributed by atoms with E-state index in [-0.39, 0.29) is 5.91 Å². The maximum atomic E-state index is 11.4. The van der Waals surface area contributed by atoms with Crippen LogP contribution in [0.3, 0.4) is 0 Å². The average Bonchev–Trinajstić information content (AvgIpc) is 2.18. The number of alkyl halides is 1. The minimum atomic E-state index is -0.812. The number of rotatable bonds is 3. The van der Waals surface area contributed by atoms with Crippen LogP contribution in [0.15, 0.2) is 0 Å². The molecule has 1 amide bonds. The molecule has 4 nitrogen and oxygen atoms in total. The largest absolute Gasteiger partial charge is 0.481 e. The van der Waals surface area contributed by atoms with Gasteiger partial charge < -0.3 is 10.0 Å². The van der Waals surface area contributed by atoms with Gasteiger partial charge in [-0.1, -0.05) is 0 Å². The fourth-order valence-corrected chi connectivity index (χ4v) is 1.81. The first-order chi connectivity index (χ1) is 6.65. The second kappa shape index (κ2) is 5.20. The van der Waals surface area contributed by atoms with Gasteiger partial charge in [-0.25, -0.2) is 0 Å². The molecule has 0 aromatic rings. The molecule has 80 valence electrons. The predicted octanol–water partition coefficient (Wildman–Crippen LogP) is 0.938. The van der Waals surface area contributed by atoms with Crippen LogP contribution in [-0.4, -0.2) is 40.9 Å². The highest BCUT2D eigenvalue weighted by molar-refractivity contribution is 6.18. The topological polar surface area (TPSA) is 57.6 Å². The van der Waals surface area contributed by atoms with E-state index >= 15 is 0 Å². The van der Waals surface area contributed by atoms with E-state index in [1.54, 1.807) is 4.90 Å². The van der Waals surface area contributed by atoms with Crippen LogP contribution in [0.1, 0.15) is 19.3 Å². The third kappa shape index (κ3) is 2.87. The van der Waals surface area contributed by atoms with Crippen molar-refractivity contribution >= 4 is 23.5 Å².